The monoisotopic (exact) mass is 294 g/mol. The number of guanidine groups is 1. The largest absolute Gasteiger partial charge is 0.399 e. The van der Waals surface area contributed by atoms with Crippen molar-refractivity contribution in [1.29, 1.82) is 0 Å². The normalized spacial score (nSPS) is 13.1. The van der Waals surface area contributed by atoms with Gasteiger partial charge in [-0.25, -0.2) is 0 Å². The summed E-state index contributed by atoms with van der Waals surface area (Å²) < 4.78 is 27.4. The Labute approximate surface area is 118 Å². The summed E-state index contributed by atoms with van der Waals surface area (Å²) >= 11 is 0. The van der Waals surface area contributed by atoms with E-state index in [9.17, 15) is 8.42 Å². The summed E-state index contributed by atoms with van der Waals surface area (Å²) in [7, 11) is -3.86. The minimum absolute atomic E-state index is 0.0259. The number of allylic oxidation sites excluding steroid dienone is 3. The Morgan fingerprint density at radius 1 is 1.30 bits per heavy atom. The smallest absolute Gasteiger partial charge is 0.285 e. The summed E-state index contributed by atoms with van der Waals surface area (Å²) in [5.74, 6) is -0.211. The Kier molecular flexibility index (Phi) is 4.93. The summed E-state index contributed by atoms with van der Waals surface area (Å²) in [6.07, 6.45) is 1.72. The number of rotatable bonds is 4. The van der Waals surface area contributed by atoms with Crippen molar-refractivity contribution in [1.82, 2.24) is 5.32 Å². The van der Waals surface area contributed by atoms with Gasteiger partial charge in [-0.3, -0.25) is 0 Å². The molecule has 0 bridgehead atoms. The molecule has 0 unspecified atom stereocenters. The van der Waals surface area contributed by atoms with E-state index in [2.05, 4.69) is 16.3 Å². The van der Waals surface area contributed by atoms with Crippen LogP contribution < -0.4 is 16.8 Å². The molecule has 0 radical (unpaired) electrons. The molecule has 0 aromatic heterocycles. The van der Waals surface area contributed by atoms with Gasteiger partial charge in [-0.1, -0.05) is 12.2 Å². The first kappa shape index (κ1) is 15.8. The molecule has 0 atom stereocenters. The zero-order valence-corrected chi connectivity index (χ0v) is 12.2. The van der Waals surface area contributed by atoms with E-state index in [1.807, 2.05) is 6.92 Å². The molecule has 0 saturated heterocycles. The minimum Gasteiger partial charge on any atom is -0.399 e. The summed E-state index contributed by atoms with van der Waals surface area (Å²) in [6.45, 7) is 7.24. The predicted octanol–water partition coefficient (Wildman–Crippen LogP) is 1.34. The number of hydrogen-bond donors (Lipinski definition) is 3. The van der Waals surface area contributed by atoms with Crippen molar-refractivity contribution >= 4 is 21.7 Å². The molecule has 0 aliphatic heterocycles. The summed E-state index contributed by atoms with van der Waals surface area (Å²) in [4.78, 5) is 0.0259. The molecule has 7 heteroatoms. The minimum atomic E-state index is -3.86. The molecule has 1 rings (SSSR count). The van der Waals surface area contributed by atoms with Crippen LogP contribution in [0.1, 0.15) is 13.8 Å². The Hall–Kier alpha value is -2.28. The molecule has 0 spiro atoms. The third kappa shape index (κ3) is 4.77. The van der Waals surface area contributed by atoms with E-state index in [0.717, 1.165) is 5.57 Å². The molecule has 0 aliphatic rings. The highest BCUT2D eigenvalue weighted by Gasteiger charge is 2.13. The van der Waals surface area contributed by atoms with Crippen molar-refractivity contribution < 1.29 is 8.42 Å². The molecule has 108 valence electrons. The van der Waals surface area contributed by atoms with Gasteiger partial charge in [0.15, 0.2) is 0 Å². The maximum absolute atomic E-state index is 12.0. The SMILES string of the molecule is C=C(C)/C=C(/C)NC(N)=NS(=O)(=O)c1ccc(N)cc1. The Morgan fingerprint density at radius 3 is 2.35 bits per heavy atom. The zero-order valence-electron chi connectivity index (χ0n) is 11.4. The first-order valence-corrected chi connectivity index (χ1v) is 7.21. The Bertz CT molecular complexity index is 658. The topological polar surface area (TPSA) is 111 Å². The van der Waals surface area contributed by atoms with E-state index in [-0.39, 0.29) is 10.9 Å². The van der Waals surface area contributed by atoms with Crippen LogP contribution in [0, 0.1) is 0 Å². The molecule has 0 amide bonds. The summed E-state index contributed by atoms with van der Waals surface area (Å²) in [6, 6.07) is 5.71. The summed E-state index contributed by atoms with van der Waals surface area (Å²) in [5, 5.41) is 2.67. The second kappa shape index (κ2) is 6.25. The standard InChI is InChI=1S/C13H18N4O2S/c1-9(2)8-10(3)16-13(15)17-20(18,19)12-6-4-11(14)5-7-12/h4-8H,1,14H2,2-3H3,(H3,15,16,17)/b10-8-. The lowest BCUT2D eigenvalue weighted by Gasteiger charge is -2.06. The number of nitrogens with zero attached hydrogens (tertiary/aromatic N) is 1. The van der Waals surface area contributed by atoms with Crippen molar-refractivity contribution in [2.24, 2.45) is 10.1 Å². The van der Waals surface area contributed by atoms with Gasteiger partial charge in [-0.15, -0.1) is 4.40 Å². The van der Waals surface area contributed by atoms with E-state index in [1.54, 1.807) is 13.0 Å². The van der Waals surface area contributed by atoms with Crippen LogP contribution in [0.5, 0.6) is 0 Å². The lowest BCUT2D eigenvalue weighted by atomic mass is 10.3. The Morgan fingerprint density at radius 2 is 1.85 bits per heavy atom. The number of nitrogens with two attached hydrogens (primary N) is 2. The molecular formula is C13H18N4O2S. The fourth-order valence-electron chi connectivity index (χ4n) is 1.45. The van der Waals surface area contributed by atoms with Gasteiger partial charge in [0, 0.05) is 11.4 Å². The van der Waals surface area contributed by atoms with Crippen molar-refractivity contribution in [3.05, 3.63) is 48.2 Å². The van der Waals surface area contributed by atoms with Crippen LogP contribution in [-0.2, 0) is 10.0 Å². The number of nitrogens with one attached hydrogen (secondary N) is 1. The van der Waals surface area contributed by atoms with E-state index in [1.165, 1.54) is 24.3 Å². The van der Waals surface area contributed by atoms with Crippen LogP contribution >= 0.6 is 0 Å². The van der Waals surface area contributed by atoms with Crippen LogP contribution in [0.2, 0.25) is 0 Å². The van der Waals surface area contributed by atoms with E-state index < -0.39 is 10.0 Å². The van der Waals surface area contributed by atoms with Gasteiger partial charge in [0.1, 0.15) is 0 Å². The molecule has 1 aromatic carbocycles. The van der Waals surface area contributed by atoms with Crippen LogP contribution in [-0.4, -0.2) is 14.4 Å². The number of hydrogen-bond acceptors (Lipinski definition) is 3. The molecule has 0 heterocycles. The lowest BCUT2D eigenvalue weighted by molar-refractivity contribution is 0.598. The van der Waals surface area contributed by atoms with E-state index in [0.29, 0.717) is 11.4 Å². The third-order valence-electron chi connectivity index (χ3n) is 2.18. The maximum Gasteiger partial charge on any atom is 0.285 e. The number of nitrogen functional groups attached to an aromatic ring is 1. The van der Waals surface area contributed by atoms with Crippen LogP contribution in [0.3, 0.4) is 0 Å². The highest BCUT2D eigenvalue weighted by molar-refractivity contribution is 7.90. The molecule has 0 fully saturated rings. The first-order chi connectivity index (χ1) is 9.20. The molecular weight excluding hydrogens is 276 g/mol. The van der Waals surface area contributed by atoms with Crippen molar-refractivity contribution in [2.75, 3.05) is 5.73 Å². The Balaban J connectivity index is 2.97. The van der Waals surface area contributed by atoms with Gasteiger partial charge in [0.2, 0.25) is 5.96 Å². The van der Waals surface area contributed by atoms with Gasteiger partial charge in [-0.2, -0.15) is 8.42 Å². The molecule has 0 saturated carbocycles. The van der Waals surface area contributed by atoms with Gasteiger partial charge >= 0.3 is 0 Å². The van der Waals surface area contributed by atoms with Crippen LogP contribution in [0.4, 0.5) is 5.69 Å². The molecule has 1 aromatic rings. The van der Waals surface area contributed by atoms with Gasteiger partial charge in [0.25, 0.3) is 10.0 Å². The fraction of sp³-hybridized carbons (Fsp3) is 0.154. The van der Waals surface area contributed by atoms with E-state index >= 15 is 0 Å². The highest BCUT2D eigenvalue weighted by atomic mass is 32.2. The molecule has 20 heavy (non-hydrogen) atoms. The second-order valence-corrected chi connectivity index (χ2v) is 5.92. The molecule has 6 nitrogen and oxygen atoms in total. The third-order valence-corrected chi connectivity index (χ3v) is 3.49. The van der Waals surface area contributed by atoms with Crippen molar-refractivity contribution in [3.8, 4) is 0 Å². The van der Waals surface area contributed by atoms with Crippen molar-refractivity contribution in [2.45, 2.75) is 18.7 Å². The van der Waals surface area contributed by atoms with Crippen LogP contribution in [0.15, 0.2) is 57.5 Å². The van der Waals surface area contributed by atoms with Gasteiger partial charge < -0.3 is 16.8 Å². The first-order valence-electron chi connectivity index (χ1n) is 5.77. The second-order valence-electron chi connectivity index (χ2n) is 4.32. The molecule has 5 N–H and O–H groups in total. The van der Waals surface area contributed by atoms with Crippen LogP contribution in [0.25, 0.3) is 0 Å². The average molecular weight is 294 g/mol. The lowest BCUT2D eigenvalue weighted by Crippen LogP contribution is -2.31. The van der Waals surface area contributed by atoms with Gasteiger partial charge in [-0.05, 0) is 44.2 Å². The maximum atomic E-state index is 12.0. The van der Waals surface area contributed by atoms with Gasteiger partial charge in [0.05, 0.1) is 4.90 Å². The quantitative estimate of drug-likeness (QED) is 0.336. The number of sulfonamides is 1. The average Bonchev–Trinajstić information content (AvgIpc) is 2.26. The fourth-order valence-corrected chi connectivity index (χ4v) is 2.34. The van der Waals surface area contributed by atoms with Crippen molar-refractivity contribution in [3.63, 3.8) is 0 Å². The predicted molar refractivity (Wildman–Crippen MR) is 81.4 cm³/mol. The highest BCUT2D eigenvalue weighted by Crippen LogP contribution is 2.14. The molecule has 0 aliphatic carbocycles. The number of anilines is 1. The zero-order chi connectivity index (χ0) is 15.3. The van der Waals surface area contributed by atoms with E-state index in [4.69, 9.17) is 11.5 Å². The summed E-state index contributed by atoms with van der Waals surface area (Å²) in [5.41, 5.74) is 13.0. The number of benzene rings is 1.